The number of aromatic nitrogens is 2. The first-order valence-corrected chi connectivity index (χ1v) is 8.03. The highest BCUT2D eigenvalue weighted by molar-refractivity contribution is 7.90. The lowest BCUT2D eigenvalue weighted by Gasteiger charge is -2.10. The number of hydrogen-bond donors (Lipinski definition) is 0. The molecule has 20 heavy (non-hydrogen) atoms. The van der Waals surface area contributed by atoms with Crippen molar-refractivity contribution in [3.05, 3.63) is 40.5 Å². The number of rotatable bonds is 3. The molecule has 7 heteroatoms. The van der Waals surface area contributed by atoms with E-state index in [1.165, 1.54) is 12.1 Å². The zero-order chi connectivity index (χ0) is 14.9. The van der Waals surface area contributed by atoms with Gasteiger partial charge >= 0.3 is 0 Å². The van der Waals surface area contributed by atoms with Gasteiger partial charge < -0.3 is 4.74 Å². The Morgan fingerprint density at radius 3 is 2.50 bits per heavy atom. The topological polar surface area (TPSA) is 69.2 Å². The van der Waals surface area contributed by atoms with Gasteiger partial charge in [-0.05, 0) is 37.6 Å². The van der Waals surface area contributed by atoms with E-state index in [2.05, 4.69) is 10.2 Å². The molecule has 0 radical (unpaired) electrons. The molecule has 2 rings (SSSR count). The smallest absolute Gasteiger partial charge is 0.242 e. The van der Waals surface area contributed by atoms with Crippen LogP contribution in [-0.2, 0) is 9.84 Å². The van der Waals surface area contributed by atoms with Crippen LogP contribution >= 0.6 is 11.6 Å². The van der Waals surface area contributed by atoms with E-state index in [9.17, 15) is 8.42 Å². The van der Waals surface area contributed by atoms with Crippen molar-refractivity contribution in [2.24, 2.45) is 0 Å². The van der Waals surface area contributed by atoms with Crippen molar-refractivity contribution >= 4 is 21.4 Å². The van der Waals surface area contributed by atoms with Gasteiger partial charge in [0.25, 0.3) is 0 Å². The monoisotopic (exact) mass is 312 g/mol. The minimum absolute atomic E-state index is 0.186. The zero-order valence-corrected chi connectivity index (χ0v) is 12.8. The highest BCUT2D eigenvalue weighted by Gasteiger charge is 2.12. The molecular formula is C13H13ClN2O3S. The Kier molecular flexibility index (Phi) is 3.96. The molecule has 1 aromatic heterocycles. The number of sulfone groups is 1. The maximum atomic E-state index is 11.5. The van der Waals surface area contributed by atoms with Gasteiger partial charge in [-0.25, -0.2) is 8.42 Å². The number of halogens is 1. The van der Waals surface area contributed by atoms with E-state index < -0.39 is 9.84 Å². The standard InChI is InChI=1S/C13H13ClN2O3S/c1-8-9(2)13(16-15-12(8)14)19-10-5-4-6-11(7-10)20(3,17)18/h4-7H,1-3H3. The fraction of sp³-hybridized carbons (Fsp3) is 0.231. The largest absolute Gasteiger partial charge is 0.437 e. The molecule has 0 spiro atoms. The Morgan fingerprint density at radius 2 is 1.85 bits per heavy atom. The Hall–Kier alpha value is -1.66. The highest BCUT2D eigenvalue weighted by atomic mass is 35.5. The maximum Gasteiger partial charge on any atom is 0.242 e. The molecule has 0 aliphatic rings. The van der Waals surface area contributed by atoms with Crippen LogP contribution in [0.4, 0.5) is 0 Å². The van der Waals surface area contributed by atoms with Crippen LogP contribution in [0.2, 0.25) is 5.15 Å². The molecule has 0 unspecified atom stereocenters. The lowest BCUT2D eigenvalue weighted by Crippen LogP contribution is -2.00. The quantitative estimate of drug-likeness (QED) is 0.871. The van der Waals surface area contributed by atoms with Crippen LogP contribution in [0.25, 0.3) is 0 Å². The van der Waals surface area contributed by atoms with Gasteiger partial charge in [-0.2, -0.15) is 0 Å². The van der Waals surface area contributed by atoms with Gasteiger partial charge in [-0.3, -0.25) is 0 Å². The molecule has 0 N–H and O–H groups in total. The first kappa shape index (κ1) is 14.7. The molecule has 5 nitrogen and oxygen atoms in total. The summed E-state index contributed by atoms with van der Waals surface area (Å²) in [6, 6.07) is 6.21. The summed E-state index contributed by atoms with van der Waals surface area (Å²) in [5.74, 6) is 0.685. The number of benzene rings is 1. The molecule has 0 saturated heterocycles. The highest BCUT2D eigenvalue weighted by Crippen LogP contribution is 2.28. The van der Waals surface area contributed by atoms with Gasteiger partial charge in [-0.15, -0.1) is 10.2 Å². The average molecular weight is 313 g/mol. The molecule has 0 bridgehead atoms. The normalized spacial score (nSPS) is 11.4. The lowest BCUT2D eigenvalue weighted by molar-refractivity contribution is 0.449. The Bertz CT molecular complexity index is 760. The van der Waals surface area contributed by atoms with E-state index in [-0.39, 0.29) is 4.90 Å². The van der Waals surface area contributed by atoms with Gasteiger partial charge in [-0.1, -0.05) is 17.7 Å². The number of nitrogens with zero attached hydrogens (tertiary/aromatic N) is 2. The van der Waals surface area contributed by atoms with Crippen LogP contribution < -0.4 is 4.74 Å². The SMILES string of the molecule is Cc1c(Cl)nnc(Oc2cccc(S(C)(=O)=O)c2)c1C. The van der Waals surface area contributed by atoms with Crippen molar-refractivity contribution < 1.29 is 13.2 Å². The fourth-order valence-electron chi connectivity index (χ4n) is 1.53. The average Bonchev–Trinajstić information content (AvgIpc) is 2.39. The predicted molar refractivity (Wildman–Crippen MR) is 76.1 cm³/mol. The molecule has 0 amide bonds. The third kappa shape index (κ3) is 3.08. The summed E-state index contributed by atoms with van der Waals surface area (Å²) in [6.07, 6.45) is 1.14. The van der Waals surface area contributed by atoms with Crippen LogP contribution in [0, 0.1) is 13.8 Å². The van der Waals surface area contributed by atoms with Gasteiger partial charge in [0.1, 0.15) is 5.75 Å². The second-order valence-corrected chi connectivity index (χ2v) is 6.77. The van der Waals surface area contributed by atoms with Crippen molar-refractivity contribution in [3.8, 4) is 11.6 Å². The molecule has 1 aromatic carbocycles. The summed E-state index contributed by atoms with van der Waals surface area (Å²) < 4.78 is 28.6. The summed E-state index contributed by atoms with van der Waals surface area (Å²) in [6.45, 7) is 3.62. The summed E-state index contributed by atoms with van der Waals surface area (Å²) >= 11 is 5.87. The van der Waals surface area contributed by atoms with Crippen LogP contribution in [0.5, 0.6) is 11.6 Å². The molecule has 0 atom stereocenters. The molecule has 0 saturated carbocycles. The third-order valence-corrected chi connectivity index (χ3v) is 4.34. The van der Waals surface area contributed by atoms with Gasteiger partial charge in [0.05, 0.1) is 4.90 Å². The maximum absolute atomic E-state index is 11.5. The van der Waals surface area contributed by atoms with E-state index >= 15 is 0 Å². The number of hydrogen-bond acceptors (Lipinski definition) is 5. The van der Waals surface area contributed by atoms with Crippen LogP contribution in [0.3, 0.4) is 0 Å². The van der Waals surface area contributed by atoms with E-state index in [4.69, 9.17) is 16.3 Å². The molecule has 0 fully saturated rings. The number of ether oxygens (including phenoxy) is 1. The van der Waals surface area contributed by atoms with Crippen molar-refractivity contribution in [1.29, 1.82) is 0 Å². The molecule has 2 aromatic rings. The second-order valence-electron chi connectivity index (χ2n) is 4.40. The summed E-state index contributed by atoms with van der Waals surface area (Å²) in [7, 11) is -3.28. The summed E-state index contributed by atoms with van der Waals surface area (Å²) in [5, 5.41) is 7.97. The second kappa shape index (κ2) is 5.38. The third-order valence-electron chi connectivity index (χ3n) is 2.87. The Labute approximate surface area is 122 Å². The Balaban J connectivity index is 2.39. The van der Waals surface area contributed by atoms with E-state index in [0.29, 0.717) is 16.8 Å². The van der Waals surface area contributed by atoms with Crippen LogP contribution in [-0.4, -0.2) is 24.9 Å². The molecule has 0 aliphatic carbocycles. The van der Waals surface area contributed by atoms with Gasteiger partial charge in [0.2, 0.25) is 5.88 Å². The van der Waals surface area contributed by atoms with E-state index in [1.54, 1.807) is 12.1 Å². The van der Waals surface area contributed by atoms with Crippen molar-refractivity contribution in [3.63, 3.8) is 0 Å². The van der Waals surface area contributed by atoms with Crippen molar-refractivity contribution in [1.82, 2.24) is 10.2 Å². The van der Waals surface area contributed by atoms with E-state index in [1.807, 2.05) is 13.8 Å². The molecular weight excluding hydrogens is 300 g/mol. The predicted octanol–water partition coefficient (Wildman–Crippen LogP) is 2.94. The summed E-state index contributed by atoms with van der Waals surface area (Å²) in [4.78, 5) is 0.186. The first-order chi connectivity index (χ1) is 9.29. The van der Waals surface area contributed by atoms with E-state index in [0.717, 1.165) is 17.4 Å². The van der Waals surface area contributed by atoms with Crippen molar-refractivity contribution in [2.75, 3.05) is 6.26 Å². The first-order valence-electron chi connectivity index (χ1n) is 5.76. The molecule has 0 aliphatic heterocycles. The minimum atomic E-state index is -3.28. The van der Waals surface area contributed by atoms with Crippen LogP contribution in [0.15, 0.2) is 29.2 Å². The Morgan fingerprint density at radius 1 is 1.15 bits per heavy atom. The van der Waals surface area contributed by atoms with Crippen molar-refractivity contribution in [2.45, 2.75) is 18.7 Å². The fourth-order valence-corrected chi connectivity index (χ4v) is 2.37. The van der Waals surface area contributed by atoms with Gasteiger partial charge in [0.15, 0.2) is 15.0 Å². The van der Waals surface area contributed by atoms with Gasteiger partial charge in [0, 0.05) is 11.8 Å². The molecule has 1 heterocycles. The minimum Gasteiger partial charge on any atom is -0.437 e. The lowest BCUT2D eigenvalue weighted by atomic mass is 10.2. The van der Waals surface area contributed by atoms with Crippen LogP contribution in [0.1, 0.15) is 11.1 Å². The zero-order valence-electron chi connectivity index (χ0n) is 11.2. The molecule has 106 valence electrons. The summed E-state index contributed by atoms with van der Waals surface area (Å²) in [5.41, 5.74) is 1.53.